The molecule has 2 fully saturated rings. The highest BCUT2D eigenvalue weighted by molar-refractivity contribution is 7.17. The van der Waals surface area contributed by atoms with Crippen molar-refractivity contribution in [3.05, 3.63) is 16.0 Å². The van der Waals surface area contributed by atoms with Crippen molar-refractivity contribution in [2.24, 2.45) is 16.2 Å². The van der Waals surface area contributed by atoms with Crippen LogP contribution in [0.3, 0.4) is 0 Å². The van der Waals surface area contributed by atoms with E-state index in [-0.39, 0.29) is 17.7 Å². The quantitative estimate of drug-likeness (QED) is 0.750. The first-order chi connectivity index (χ1) is 13.2. The fourth-order valence-corrected chi connectivity index (χ4v) is 6.93. The van der Waals surface area contributed by atoms with E-state index in [9.17, 15) is 14.4 Å². The third-order valence-electron chi connectivity index (χ3n) is 8.02. The number of nitrogens with one attached hydrogen (secondary N) is 1. The van der Waals surface area contributed by atoms with Gasteiger partial charge in [0.1, 0.15) is 10.8 Å². The predicted octanol–water partition coefficient (Wildman–Crippen LogP) is 4.53. The maximum atomic E-state index is 13.5. The molecule has 1 aromatic heterocycles. The number of aryl methyl sites for hydroxylation is 1. The first kappa shape index (κ1) is 19.6. The van der Waals surface area contributed by atoms with E-state index in [0.29, 0.717) is 30.0 Å². The molecule has 1 heterocycles. The molecule has 0 radical (unpaired) electrons. The molecule has 4 rings (SSSR count). The highest BCUT2D eigenvalue weighted by Crippen LogP contribution is 2.70. The molecule has 6 heteroatoms. The highest BCUT2D eigenvalue weighted by Gasteiger charge is 2.72. The molecule has 3 aliphatic carbocycles. The maximum absolute atomic E-state index is 13.5. The Labute approximate surface area is 170 Å². The second kappa shape index (κ2) is 6.41. The minimum absolute atomic E-state index is 0.115. The van der Waals surface area contributed by atoms with E-state index in [4.69, 9.17) is 4.74 Å². The Morgan fingerprint density at radius 1 is 1.14 bits per heavy atom. The van der Waals surface area contributed by atoms with E-state index in [2.05, 4.69) is 19.2 Å². The second-order valence-corrected chi connectivity index (χ2v) is 10.3. The number of hydrogen-bond donors (Lipinski definition) is 1. The molecule has 1 aromatic rings. The number of fused-ring (bicyclic) bond motifs is 3. The van der Waals surface area contributed by atoms with E-state index in [0.717, 1.165) is 37.7 Å². The molecular formula is C22H29NO4S. The van der Waals surface area contributed by atoms with Gasteiger partial charge >= 0.3 is 5.97 Å². The molecule has 0 aliphatic heterocycles. The Morgan fingerprint density at radius 3 is 2.46 bits per heavy atom. The third kappa shape index (κ3) is 2.39. The van der Waals surface area contributed by atoms with Gasteiger partial charge in [-0.2, -0.15) is 0 Å². The SMILES string of the molecule is CCOC(=O)c1c(NC(=O)[C@@]23CC[C@](C)(C(=O)C2)C3(C)C)sc2c1CCCC2. The van der Waals surface area contributed by atoms with Crippen molar-refractivity contribution in [1.29, 1.82) is 0 Å². The number of thiophene rings is 1. The zero-order valence-corrected chi connectivity index (χ0v) is 18.0. The zero-order valence-electron chi connectivity index (χ0n) is 17.2. The van der Waals surface area contributed by atoms with Gasteiger partial charge in [0.15, 0.2) is 0 Å². The molecule has 2 saturated carbocycles. The normalized spacial score (nSPS) is 30.2. The third-order valence-corrected chi connectivity index (χ3v) is 9.23. The van der Waals surface area contributed by atoms with E-state index in [1.807, 2.05) is 6.92 Å². The number of esters is 1. The van der Waals surface area contributed by atoms with Crippen molar-refractivity contribution >= 4 is 34.0 Å². The number of ether oxygens (including phenoxy) is 1. The highest BCUT2D eigenvalue weighted by atomic mass is 32.1. The molecular weight excluding hydrogens is 374 g/mol. The van der Waals surface area contributed by atoms with Gasteiger partial charge in [0, 0.05) is 16.7 Å². The van der Waals surface area contributed by atoms with Gasteiger partial charge in [-0.25, -0.2) is 4.79 Å². The molecule has 3 aliphatic rings. The monoisotopic (exact) mass is 403 g/mol. The van der Waals surface area contributed by atoms with Crippen LogP contribution in [0.25, 0.3) is 0 Å². The van der Waals surface area contributed by atoms with Crippen molar-refractivity contribution < 1.29 is 19.1 Å². The molecule has 5 nitrogen and oxygen atoms in total. The Kier molecular flexibility index (Phi) is 4.49. The molecule has 2 bridgehead atoms. The lowest BCUT2D eigenvalue weighted by molar-refractivity contribution is -0.131. The summed E-state index contributed by atoms with van der Waals surface area (Å²) in [5, 5.41) is 3.69. The lowest BCUT2D eigenvalue weighted by Gasteiger charge is -2.38. The minimum Gasteiger partial charge on any atom is -0.462 e. The molecule has 0 aromatic carbocycles. The van der Waals surface area contributed by atoms with Crippen LogP contribution in [-0.2, 0) is 27.2 Å². The van der Waals surface area contributed by atoms with Crippen LogP contribution in [0.15, 0.2) is 0 Å². The summed E-state index contributed by atoms with van der Waals surface area (Å²) < 4.78 is 5.30. The predicted molar refractivity (Wildman–Crippen MR) is 109 cm³/mol. The van der Waals surface area contributed by atoms with Crippen LogP contribution in [0.4, 0.5) is 5.00 Å². The van der Waals surface area contributed by atoms with Crippen molar-refractivity contribution in [2.45, 2.75) is 72.6 Å². The number of anilines is 1. The van der Waals surface area contributed by atoms with Crippen molar-refractivity contribution in [2.75, 3.05) is 11.9 Å². The average molecular weight is 404 g/mol. The van der Waals surface area contributed by atoms with Gasteiger partial charge < -0.3 is 10.1 Å². The maximum Gasteiger partial charge on any atom is 0.341 e. The van der Waals surface area contributed by atoms with Crippen LogP contribution in [0.5, 0.6) is 0 Å². The van der Waals surface area contributed by atoms with E-state index in [1.165, 1.54) is 16.2 Å². The molecule has 1 amide bonds. The van der Waals surface area contributed by atoms with E-state index in [1.54, 1.807) is 6.92 Å². The van der Waals surface area contributed by atoms with Gasteiger partial charge in [0.2, 0.25) is 5.91 Å². The molecule has 152 valence electrons. The standard InChI is InChI=1S/C22H29NO4S/c1-5-27-18(25)16-13-8-6-7-9-14(13)28-17(16)23-19(26)22-11-10-21(4,15(24)12-22)20(22,2)3/h5-12H2,1-4H3,(H,23,26)/t21-,22-/m1/s1. The van der Waals surface area contributed by atoms with Gasteiger partial charge in [-0.05, 0) is 56.4 Å². The number of carbonyl (C=O) groups excluding carboxylic acids is 3. The van der Waals surface area contributed by atoms with Gasteiger partial charge in [0.05, 0.1) is 17.6 Å². The molecule has 0 spiro atoms. The number of amides is 1. The summed E-state index contributed by atoms with van der Waals surface area (Å²) in [5.41, 5.74) is 0.0372. The summed E-state index contributed by atoms with van der Waals surface area (Å²) in [6.07, 6.45) is 5.70. The van der Waals surface area contributed by atoms with E-state index >= 15 is 0 Å². The number of Topliss-reactive ketones (excluding diaryl/α,β-unsaturated/α-hetero) is 1. The Bertz CT molecular complexity index is 870. The largest absolute Gasteiger partial charge is 0.462 e. The second-order valence-electron chi connectivity index (χ2n) is 9.23. The Hall–Kier alpha value is -1.69. The smallest absolute Gasteiger partial charge is 0.341 e. The molecule has 1 N–H and O–H groups in total. The number of carbonyl (C=O) groups is 3. The Morgan fingerprint density at radius 2 is 1.86 bits per heavy atom. The van der Waals surface area contributed by atoms with Crippen LogP contribution in [-0.4, -0.2) is 24.3 Å². The summed E-state index contributed by atoms with van der Waals surface area (Å²) in [4.78, 5) is 40.1. The van der Waals surface area contributed by atoms with Crippen molar-refractivity contribution in [3.8, 4) is 0 Å². The van der Waals surface area contributed by atoms with Crippen LogP contribution in [0.1, 0.15) is 80.6 Å². The summed E-state index contributed by atoms with van der Waals surface area (Å²) in [7, 11) is 0. The minimum atomic E-state index is -0.699. The number of ketones is 1. The van der Waals surface area contributed by atoms with Gasteiger partial charge in [-0.15, -0.1) is 11.3 Å². The summed E-state index contributed by atoms with van der Waals surface area (Å²) in [5.74, 6) is -0.279. The summed E-state index contributed by atoms with van der Waals surface area (Å²) in [6, 6.07) is 0. The van der Waals surface area contributed by atoms with Gasteiger partial charge in [-0.1, -0.05) is 20.8 Å². The number of hydrogen-bond acceptors (Lipinski definition) is 5. The first-order valence-corrected chi connectivity index (χ1v) is 11.2. The topological polar surface area (TPSA) is 72.5 Å². The van der Waals surface area contributed by atoms with Gasteiger partial charge in [0.25, 0.3) is 0 Å². The molecule has 0 unspecified atom stereocenters. The van der Waals surface area contributed by atoms with Crippen molar-refractivity contribution in [1.82, 2.24) is 0 Å². The average Bonchev–Trinajstić information content (AvgIpc) is 3.15. The van der Waals surface area contributed by atoms with E-state index < -0.39 is 16.2 Å². The zero-order chi connectivity index (χ0) is 20.3. The lowest BCUT2D eigenvalue weighted by Crippen LogP contribution is -2.43. The summed E-state index contributed by atoms with van der Waals surface area (Å²) in [6.45, 7) is 8.21. The van der Waals surface area contributed by atoms with Crippen LogP contribution in [0, 0.1) is 16.2 Å². The van der Waals surface area contributed by atoms with Crippen LogP contribution < -0.4 is 5.32 Å². The number of rotatable bonds is 4. The van der Waals surface area contributed by atoms with Crippen LogP contribution >= 0.6 is 11.3 Å². The first-order valence-electron chi connectivity index (χ1n) is 10.3. The fraction of sp³-hybridized carbons (Fsp3) is 0.682. The fourth-order valence-electron chi connectivity index (χ4n) is 5.66. The molecule has 0 saturated heterocycles. The summed E-state index contributed by atoms with van der Waals surface area (Å²) >= 11 is 1.51. The van der Waals surface area contributed by atoms with Gasteiger partial charge in [-0.3, -0.25) is 9.59 Å². The molecule has 28 heavy (non-hydrogen) atoms. The van der Waals surface area contributed by atoms with Crippen molar-refractivity contribution in [3.63, 3.8) is 0 Å². The van der Waals surface area contributed by atoms with Crippen LogP contribution in [0.2, 0.25) is 0 Å². The lowest BCUT2D eigenvalue weighted by atomic mass is 9.64. The molecule has 2 atom stereocenters. The Balaban J connectivity index is 1.70.